The number of nitrogens with one attached hydrogen (secondary N) is 2. The molecule has 248 valence electrons. The minimum absolute atomic E-state index is 0.0249. The maximum absolute atomic E-state index is 14.4. The van der Waals surface area contributed by atoms with Crippen LogP contribution in [0, 0.1) is 6.92 Å². The molecular formula is C35H42N6O6. The van der Waals surface area contributed by atoms with Crippen LogP contribution in [0.1, 0.15) is 74.0 Å². The molecule has 2 atom stereocenters. The van der Waals surface area contributed by atoms with Crippen LogP contribution >= 0.6 is 0 Å². The first-order chi connectivity index (χ1) is 22.5. The number of aryl methyl sites for hydroxylation is 1. The number of rotatable bonds is 15. The summed E-state index contributed by atoms with van der Waals surface area (Å²) < 4.78 is 17.8. The van der Waals surface area contributed by atoms with Gasteiger partial charge in [-0.3, -0.25) is 15.0 Å². The molecule has 4 rings (SSSR count). The lowest BCUT2D eigenvalue weighted by atomic mass is 9.82. The average Bonchev–Trinajstić information content (AvgIpc) is 3.43. The fourth-order valence-corrected chi connectivity index (χ4v) is 5.23. The lowest BCUT2D eigenvalue weighted by Gasteiger charge is -2.31. The van der Waals surface area contributed by atoms with E-state index in [0.717, 1.165) is 11.1 Å². The van der Waals surface area contributed by atoms with Crippen molar-refractivity contribution in [2.45, 2.75) is 77.3 Å². The van der Waals surface area contributed by atoms with Crippen molar-refractivity contribution >= 4 is 17.8 Å². The van der Waals surface area contributed by atoms with Gasteiger partial charge in [0, 0.05) is 36.5 Å². The summed E-state index contributed by atoms with van der Waals surface area (Å²) >= 11 is 0. The number of aliphatic hydroxyl groups excluding tert-OH is 1. The van der Waals surface area contributed by atoms with Crippen LogP contribution in [0.3, 0.4) is 0 Å². The van der Waals surface area contributed by atoms with E-state index in [1.807, 2.05) is 37.3 Å². The number of aliphatic imine (C=N–C) groups is 1. The largest absolute Gasteiger partial charge is 0.494 e. The Labute approximate surface area is 274 Å². The highest BCUT2D eigenvalue weighted by atomic mass is 16.6. The molecule has 12 nitrogen and oxygen atoms in total. The lowest BCUT2D eigenvalue weighted by molar-refractivity contribution is -0.155. The van der Waals surface area contributed by atoms with Crippen molar-refractivity contribution in [3.8, 4) is 5.75 Å². The van der Waals surface area contributed by atoms with Gasteiger partial charge in [-0.2, -0.15) is 0 Å². The molecule has 47 heavy (non-hydrogen) atoms. The van der Waals surface area contributed by atoms with Crippen molar-refractivity contribution < 1.29 is 28.9 Å². The van der Waals surface area contributed by atoms with Crippen LogP contribution < -0.4 is 15.6 Å². The fraction of sp³-hybridized carbons (Fsp3) is 0.400. The van der Waals surface area contributed by atoms with E-state index in [9.17, 15) is 9.59 Å². The second-order valence-electron chi connectivity index (χ2n) is 12.3. The van der Waals surface area contributed by atoms with Gasteiger partial charge in [-0.15, -0.1) is 0 Å². The number of carbonyl (C=O) groups is 2. The third-order valence-corrected chi connectivity index (χ3v) is 7.38. The number of benzene rings is 3. The fourth-order valence-electron chi connectivity index (χ4n) is 5.23. The van der Waals surface area contributed by atoms with E-state index in [1.54, 1.807) is 63.2 Å². The summed E-state index contributed by atoms with van der Waals surface area (Å²) in [5.74, 6) is -0.178. The number of amides is 1. The highest BCUT2D eigenvalue weighted by molar-refractivity contribution is 6.01. The van der Waals surface area contributed by atoms with E-state index in [-0.39, 0.29) is 31.9 Å². The standard InChI is InChI=1S/C35H42N6O6/c1-24-9-7-10-25(21-24)22-37-40-33(44)35(18-17-30(43)47-34(2,3)4)31(29-12-6-5-11-27(29)23-38-41-36)46-32(39-35)26-13-15-28(16-14-26)45-20-8-19-42/h5-7,9-16,21,31,37,42H,8,17-20,22-23H2,1-4H3,(H,40,44)/t31-,35-/m0/s1. The molecule has 1 heterocycles. The normalized spacial score (nSPS) is 17.2. The van der Waals surface area contributed by atoms with Gasteiger partial charge < -0.3 is 19.3 Å². The van der Waals surface area contributed by atoms with Crippen LogP contribution in [0.4, 0.5) is 0 Å². The number of esters is 1. The molecule has 0 unspecified atom stereocenters. The molecule has 0 saturated heterocycles. The Bertz CT molecular complexity index is 1610. The molecule has 1 aliphatic rings. The number of azide groups is 1. The van der Waals surface area contributed by atoms with Gasteiger partial charge in [0.1, 0.15) is 11.4 Å². The Morgan fingerprint density at radius 1 is 1.11 bits per heavy atom. The molecule has 3 aromatic rings. The van der Waals surface area contributed by atoms with E-state index in [2.05, 4.69) is 20.9 Å². The zero-order chi connectivity index (χ0) is 33.9. The summed E-state index contributed by atoms with van der Waals surface area (Å²) in [4.78, 5) is 35.2. The quantitative estimate of drug-likeness (QED) is 0.0473. The highest BCUT2D eigenvalue weighted by Gasteiger charge is 2.54. The highest BCUT2D eigenvalue weighted by Crippen LogP contribution is 2.44. The molecule has 1 amide bonds. The zero-order valence-electron chi connectivity index (χ0n) is 27.2. The lowest BCUT2D eigenvalue weighted by Crippen LogP contribution is -2.53. The average molecular weight is 643 g/mol. The van der Waals surface area contributed by atoms with Gasteiger partial charge in [-0.05, 0) is 80.6 Å². The summed E-state index contributed by atoms with van der Waals surface area (Å²) in [5.41, 5.74) is 16.5. The van der Waals surface area contributed by atoms with E-state index >= 15 is 0 Å². The Balaban J connectivity index is 1.75. The van der Waals surface area contributed by atoms with Gasteiger partial charge in [0.25, 0.3) is 5.91 Å². The number of ether oxygens (including phenoxy) is 3. The first-order valence-corrected chi connectivity index (χ1v) is 15.5. The molecule has 1 aliphatic heterocycles. The first-order valence-electron chi connectivity index (χ1n) is 15.5. The van der Waals surface area contributed by atoms with Crippen molar-refractivity contribution in [3.05, 3.63) is 111 Å². The summed E-state index contributed by atoms with van der Waals surface area (Å²) in [7, 11) is 0. The SMILES string of the molecule is Cc1cccc(CNNC(=O)[C@@]2(CCC(=O)OC(C)(C)C)N=C(c3ccc(OCCCO)cc3)O[C@H]2c2ccccc2CN=[N+]=[N-])c1. The molecule has 0 spiro atoms. The smallest absolute Gasteiger partial charge is 0.306 e. The topological polar surface area (TPSA) is 167 Å². The number of hydrogen-bond donors (Lipinski definition) is 3. The van der Waals surface area contributed by atoms with Gasteiger partial charge in [-0.1, -0.05) is 59.2 Å². The predicted octanol–water partition coefficient (Wildman–Crippen LogP) is 5.77. The summed E-state index contributed by atoms with van der Waals surface area (Å²) in [5, 5.41) is 12.8. The molecule has 0 radical (unpaired) electrons. The monoisotopic (exact) mass is 642 g/mol. The van der Waals surface area contributed by atoms with E-state index in [1.165, 1.54) is 0 Å². The van der Waals surface area contributed by atoms with Gasteiger partial charge >= 0.3 is 5.97 Å². The summed E-state index contributed by atoms with van der Waals surface area (Å²) in [6.45, 7) is 8.10. The van der Waals surface area contributed by atoms with Crippen molar-refractivity contribution in [2.24, 2.45) is 10.1 Å². The molecule has 0 saturated carbocycles. The number of hydrogen-bond acceptors (Lipinski definition) is 9. The van der Waals surface area contributed by atoms with Crippen molar-refractivity contribution in [1.29, 1.82) is 0 Å². The van der Waals surface area contributed by atoms with Crippen LogP contribution in [0.2, 0.25) is 0 Å². The molecule has 0 bridgehead atoms. The second-order valence-corrected chi connectivity index (χ2v) is 12.3. The molecule has 3 aromatic carbocycles. The third-order valence-electron chi connectivity index (χ3n) is 7.38. The number of aliphatic hydroxyl groups is 1. The molecule has 12 heteroatoms. The van der Waals surface area contributed by atoms with Crippen molar-refractivity contribution in [2.75, 3.05) is 13.2 Å². The zero-order valence-corrected chi connectivity index (χ0v) is 27.2. The maximum atomic E-state index is 14.4. The van der Waals surface area contributed by atoms with E-state index < -0.39 is 29.1 Å². The number of nitrogens with zero attached hydrogens (tertiary/aromatic N) is 4. The summed E-state index contributed by atoms with van der Waals surface area (Å²) in [6.07, 6.45) is -0.630. The Hall–Kier alpha value is -4.90. The van der Waals surface area contributed by atoms with Gasteiger partial charge in [-0.25, -0.2) is 10.4 Å². The molecule has 3 N–H and O–H groups in total. The Morgan fingerprint density at radius 2 is 1.87 bits per heavy atom. The number of carbonyl (C=O) groups excluding carboxylic acids is 2. The van der Waals surface area contributed by atoms with Crippen LogP contribution in [-0.2, 0) is 32.2 Å². The second kappa shape index (κ2) is 16.1. The minimum Gasteiger partial charge on any atom is -0.494 e. The molecule has 0 aromatic heterocycles. The van der Waals surface area contributed by atoms with E-state index in [0.29, 0.717) is 42.0 Å². The predicted molar refractivity (Wildman–Crippen MR) is 177 cm³/mol. The van der Waals surface area contributed by atoms with Crippen LogP contribution in [-0.4, -0.2) is 47.2 Å². The van der Waals surface area contributed by atoms with Crippen molar-refractivity contribution in [3.63, 3.8) is 0 Å². The first kappa shape index (κ1) is 35.0. The van der Waals surface area contributed by atoms with E-state index in [4.69, 9.17) is 29.8 Å². The van der Waals surface area contributed by atoms with Crippen LogP contribution in [0.5, 0.6) is 5.75 Å². The number of hydrazine groups is 1. The van der Waals surface area contributed by atoms with Gasteiger partial charge in [0.15, 0.2) is 11.6 Å². The maximum Gasteiger partial charge on any atom is 0.306 e. The van der Waals surface area contributed by atoms with Gasteiger partial charge in [0.2, 0.25) is 5.90 Å². The molecular weight excluding hydrogens is 600 g/mol. The Kier molecular flexibility index (Phi) is 12.0. The molecule has 0 fully saturated rings. The third kappa shape index (κ3) is 9.55. The van der Waals surface area contributed by atoms with Crippen LogP contribution in [0.25, 0.3) is 10.4 Å². The molecule has 0 aliphatic carbocycles. The van der Waals surface area contributed by atoms with Crippen LogP contribution in [0.15, 0.2) is 82.9 Å². The Morgan fingerprint density at radius 3 is 2.57 bits per heavy atom. The minimum atomic E-state index is -1.62. The summed E-state index contributed by atoms with van der Waals surface area (Å²) in [6, 6.07) is 22.2. The van der Waals surface area contributed by atoms with Crippen molar-refractivity contribution in [1.82, 2.24) is 10.9 Å². The van der Waals surface area contributed by atoms with Gasteiger partial charge in [0.05, 0.1) is 13.2 Å².